The summed E-state index contributed by atoms with van der Waals surface area (Å²) >= 11 is 0. The summed E-state index contributed by atoms with van der Waals surface area (Å²) in [5, 5.41) is 0. The monoisotopic (exact) mass is 286 g/mol. The minimum Gasteiger partial charge on any atom is -0.496 e. The van der Waals surface area contributed by atoms with Gasteiger partial charge in [0.1, 0.15) is 18.1 Å². The first-order valence-electron chi connectivity index (χ1n) is 7.13. The molecular weight excluding hydrogens is 264 g/mol. The fourth-order valence-electron chi connectivity index (χ4n) is 2.21. The number of hydrogen-bond donors (Lipinski definition) is 1. The summed E-state index contributed by atoms with van der Waals surface area (Å²) in [5.74, 6) is 1.63. The Hall–Kier alpha value is -2.07. The molecule has 4 heteroatoms. The van der Waals surface area contributed by atoms with E-state index in [2.05, 4.69) is 11.9 Å². The van der Waals surface area contributed by atoms with Crippen LogP contribution >= 0.6 is 0 Å². The zero-order chi connectivity index (χ0) is 15.2. The minimum absolute atomic E-state index is 0.439. The Labute approximate surface area is 125 Å². The van der Waals surface area contributed by atoms with Crippen molar-refractivity contribution in [2.24, 2.45) is 5.73 Å². The molecule has 0 aliphatic heterocycles. The summed E-state index contributed by atoms with van der Waals surface area (Å²) in [7, 11) is 1.66. The Morgan fingerprint density at radius 2 is 1.90 bits per heavy atom. The predicted molar refractivity (Wildman–Crippen MR) is 83.6 cm³/mol. The summed E-state index contributed by atoms with van der Waals surface area (Å²) in [6, 6.07) is 9.84. The van der Waals surface area contributed by atoms with Crippen molar-refractivity contribution in [2.75, 3.05) is 7.11 Å². The Morgan fingerprint density at radius 1 is 1.14 bits per heavy atom. The van der Waals surface area contributed by atoms with Gasteiger partial charge >= 0.3 is 0 Å². The van der Waals surface area contributed by atoms with Gasteiger partial charge in [-0.15, -0.1) is 0 Å². The third-order valence-electron chi connectivity index (χ3n) is 3.37. The second kappa shape index (κ2) is 7.09. The molecule has 0 spiro atoms. The third kappa shape index (κ3) is 3.73. The lowest BCUT2D eigenvalue weighted by Gasteiger charge is -2.13. The van der Waals surface area contributed by atoms with E-state index in [-0.39, 0.29) is 0 Å². The highest BCUT2D eigenvalue weighted by Crippen LogP contribution is 2.24. The topological polar surface area (TPSA) is 57.4 Å². The molecule has 1 aromatic carbocycles. The third-order valence-corrected chi connectivity index (χ3v) is 3.37. The molecule has 0 radical (unpaired) electrons. The van der Waals surface area contributed by atoms with Crippen LogP contribution in [-0.4, -0.2) is 12.1 Å². The van der Waals surface area contributed by atoms with Gasteiger partial charge in [0.25, 0.3) is 0 Å². The van der Waals surface area contributed by atoms with Crippen LogP contribution in [-0.2, 0) is 19.6 Å². The van der Waals surface area contributed by atoms with E-state index >= 15 is 0 Å². The van der Waals surface area contributed by atoms with Crippen molar-refractivity contribution < 1.29 is 9.47 Å². The van der Waals surface area contributed by atoms with Crippen molar-refractivity contribution in [3.63, 3.8) is 0 Å². The fourth-order valence-corrected chi connectivity index (χ4v) is 2.21. The number of benzene rings is 1. The van der Waals surface area contributed by atoms with Crippen molar-refractivity contribution in [2.45, 2.75) is 33.4 Å². The van der Waals surface area contributed by atoms with E-state index in [0.29, 0.717) is 13.2 Å². The average Bonchev–Trinajstić information content (AvgIpc) is 2.53. The summed E-state index contributed by atoms with van der Waals surface area (Å²) in [6.07, 6.45) is 0.844. The van der Waals surface area contributed by atoms with Gasteiger partial charge in [-0.3, -0.25) is 4.98 Å². The van der Waals surface area contributed by atoms with Crippen molar-refractivity contribution >= 4 is 0 Å². The average molecular weight is 286 g/mol. The van der Waals surface area contributed by atoms with Crippen LogP contribution in [0.2, 0.25) is 0 Å². The standard InChI is InChI=1S/C17H22N2O2/c1-4-15-17(7-5-12(2)19-15)21-11-14-9-13(10-18)6-8-16(14)20-3/h5-9H,4,10-11,18H2,1-3H3. The van der Waals surface area contributed by atoms with E-state index in [1.807, 2.05) is 37.3 Å². The van der Waals surface area contributed by atoms with Crippen molar-refractivity contribution in [1.82, 2.24) is 4.98 Å². The maximum absolute atomic E-state index is 5.93. The lowest BCUT2D eigenvalue weighted by molar-refractivity contribution is 0.292. The molecule has 0 unspecified atom stereocenters. The van der Waals surface area contributed by atoms with Crippen LogP contribution in [0.15, 0.2) is 30.3 Å². The minimum atomic E-state index is 0.439. The van der Waals surface area contributed by atoms with Crippen LogP contribution in [0, 0.1) is 6.92 Å². The number of methoxy groups -OCH3 is 1. The second-order valence-corrected chi connectivity index (χ2v) is 4.89. The number of aromatic nitrogens is 1. The number of pyridine rings is 1. The van der Waals surface area contributed by atoms with Gasteiger partial charge < -0.3 is 15.2 Å². The van der Waals surface area contributed by atoms with Crippen LogP contribution in [0.25, 0.3) is 0 Å². The molecule has 21 heavy (non-hydrogen) atoms. The normalized spacial score (nSPS) is 10.5. The molecule has 4 nitrogen and oxygen atoms in total. The predicted octanol–water partition coefficient (Wildman–Crippen LogP) is 3.00. The first-order chi connectivity index (χ1) is 10.2. The van der Waals surface area contributed by atoms with Crippen LogP contribution < -0.4 is 15.2 Å². The van der Waals surface area contributed by atoms with Gasteiger partial charge in [0.15, 0.2) is 0 Å². The zero-order valence-electron chi connectivity index (χ0n) is 12.8. The molecule has 1 heterocycles. The molecule has 2 N–H and O–H groups in total. The first-order valence-corrected chi connectivity index (χ1v) is 7.13. The van der Waals surface area contributed by atoms with E-state index in [4.69, 9.17) is 15.2 Å². The van der Waals surface area contributed by atoms with Gasteiger partial charge in [0.2, 0.25) is 0 Å². The maximum Gasteiger partial charge on any atom is 0.141 e. The summed E-state index contributed by atoms with van der Waals surface area (Å²) in [5.41, 5.74) is 9.72. The number of ether oxygens (including phenoxy) is 2. The number of nitrogens with two attached hydrogens (primary N) is 1. The first kappa shape index (κ1) is 15.3. The maximum atomic E-state index is 5.93. The highest BCUT2D eigenvalue weighted by atomic mass is 16.5. The highest BCUT2D eigenvalue weighted by molar-refractivity contribution is 5.38. The fraction of sp³-hybridized carbons (Fsp3) is 0.353. The van der Waals surface area contributed by atoms with Gasteiger partial charge in [0, 0.05) is 17.8 Å². The van der Waals surface area contributed by atoms with E-state index in [1.165, 1.54) is 0 Å². The molecular formula is C17H22N2O2. The van der Waals surface area contributed by atoms with E-state index in [9.17, 15) is 0 Å². The van der Waals surface area contributed by atoms with Crippen LogP contribution in [0.5, 0.6) is 11.5 Å². The molecule has 0 fully saturated rings. The van der Waals surface area contributed by atoms with Gasteiger partial charge in [-0.05, 0) is 43.2 Å². The lowest BCUT2D eigenvalue weighted by atomic mass is 10.1. The molecule has 0 saturated carbocycles. The molecule has 0 aliphatic rings. The van der Waals surface area contributed by atoms with Crippen molar-refractivity contribution in [3.8, 4) is 11.5 Å². The molecule has 0 bridgehead atoms. The molecule has 2 rings (SSSR count). The summed E-state index contributed by atoms with van der Waals surface area (Å²) in [6.45, 7) is 5.00. The molecule has 0 saturated heterocycles. The summed E-state index contributed by atoms with van der Waals surface area (Å²) in [4.78, 5) is 4.50. The second-order valence-electron chi connectivity index (χ2n) is 4.89. The number of hydrogen-bond acceptors (Lipinski definition) is 4. The van der Waals surface area contributed by atoms with Crippen molar-refractivity contribution in [1.29, 1.82) is 0 Å². The molecule has 0 amide bonds. The molecule has 0 atom stereocenters. The summed E-state index contributed by atoms with van der Waals surface area (Å²) < 4.78 is 11.3. The Kier molecular flexibility index (Phi) is 5.17. The smallest absolute Gasteiger partial charge is 0.141 e. The van der Waals surface area contributed by atoms with Gasteiger partial charge in [0.05, 0.1) is 12.8 Å². The van der Waals surface area contributed by atoms with Gasteiger partial charge in [-0.2, -0.15) is 0 Å². The number of aryl methyl sites for hydroxylation is 2. The Bertz CT molecular complexity index is 612. The number of rotatable bonds is 6. The van der Waals surface area contributed by atoms with Crippen LogP contribution in [0.4, 0.5) is 0 Å². The zero-order valence-corrected chi connectivity index (χ0v) is 12.8. The van der Waals surface area contributed by atoms with Crippen LogP contribution in [0.1, 0.15) is 29.4 Å². The van der Waals surface area contributed by atoms with Gasteiger partial charge in [-0.25, -0.2) is 0 Å². The van der Waals surface area contributed by atoms with E-state index in [0.717, 1.165) is 40.4 Å². The largest absolute Gasteiger partial charge is 0.496 e. The molecule has 2 aromatic rings. The van der Waals surface area contributed by atoms with E-state index in [1.54, 1.807) is 7.11 Å². The van der Waals surface area contributed by atoms with E-state index < -0.39 is 0 Å². The highest BCUT2D eigenvalue weighted by Gasteiger charge is 2.08. The molecule has 112 valence electrons. The lowest BCUT2D eigenvalue weighted by Crippen LogP contribution is -2.04. The van der Waals surface area contributed by atoms with Gasteiger partial charge in [-0.1, -0.05) is 13.0 Å². The van der Waals surface area contributed by atoms with Crippen molar-refractivity contribution in [3.05, 3.63) is 52.8 Å². The Morgan fingerprint density at radius 3 is 2.57 bits per heavy atom. The van der Waals surface area contributed by atoms with Crippen LogP contribution in [0.3, 0.4) is 0 Å². The quantitative estimate of drug-likeness (QED) is 0.887. The molecule has 0 aliphatic carbocycles. The SMILES string of the molecule is CCc1nc(C)ccc1OCc1cc(CN)ccc1OC. The Balaban J connectivity index is 2.19. The number of nitrogens with zero attached hydrogens (tertiary/aromatic N) is 1. The molecule has 1 aromatic heterocycles.